The van der Waals surface area contributed by atoms with Crippen LogP contribution in [0.3, 0.4) is 0 Å². The number of hydrogen-bond acceptors (Lipinski definition) is 4. The molecule has 4 rings (SSSR count). The summed E-state index contributed by atoms with van der Waals surface area (Å²) in [5.74, 6) is 0.691. The number of amides is 1. The van der Waals surface area contributed by atoms with Crippen LogP contribution >= 0.6 is 0 Å². The summed E-state index contributed by atoms with van der Waals surface area (Å²) in [5.41, 5.74) is 2.09. The molecule has 30 heavy (non-hydrogen) atoms. The van der Waals surface area contributed by atoms with Crippen molar-refractivity contribution in [2.45, 2.75) is 52.1 Å². The van der Waals surface area contributed by atoms with E-state index in [9.17, 15) is 14.4 Å². The summed E-state index contributed by atoms with van der Waals surface area (Å²) < 4.78 is 0. The van der Waals surface area contributed by atoms with Gasteiger partial charge in [-0.1, -0.05) is 51.0 Å². The van der Waals surface area contributed by atoms with Crippen molar-refractivity contribution < 1.29 is 14.4 Å². The Balaban J connectivity index is 1.49. The normalized spacial score (nSPS) is 24.0. The maximum Gasteiger partial charge on any atom is 0.241 e. The maximum atomic E-state index is 12.9. The van der Waals surface area contributed by atoms with Crippen LogP contribution in [0.1, 0.15) is 71.9 Å². The lowest BCUT2D eigenvalue weighted by atomic mass is 9.78. The van der Waals surface area contributed by atoms with Crippen LogP contribution in [0.4, 0.5) is 5.69 Å². The van der Waals surface area contributed by atoms with Gasteiger partial charge in [-0.05, 0) is 43.4 Å². The predicted molar refractivity (Wildman–Crippen MR) is 117 cm³/mol. The van der Waals surface area contributed by atoms with Crippen LogP contribution in [0.2, 0.25) is 0 Å². The molecule has 2 aromatic carbocycles. The second-order valence-corrected chi connectivity index (χ2v) is 8.72. The van der Waals surface area contributed by atoms with Crippen molar-refractivity contribution in [2.24, 2.45) is 11.8 Å². The summed E-state index contributed by atoms with van der Waals surface area (Å²) >= 11 is 0. The van der Waals surface area contributed by atoms with Crippen LogP contribution in [0.5, 0.6) is 0 Å². The van der Waals surface area contributed by atoms with E-state index >= 15 is 0 Å². The Hall–Kier alpha value is -2.79. The van der Waals surface area contributed by atoms with Crippen molar-refractivity contribution in [2.75, 3.05) is 5.32 Å². The molecule has 2 N–H and O–H groups in total. The zero-order valence-corrected chi connectivity index (χ0v) is 17.7. The minimum Gasteiger partial charge on any atom is -0.325 e. The molecular weight excluding hydrogens is 376 g/mol. The summed E-state index contributed by atoms with van der Waals surface area (Å²) in [6, 6.07) is 11.8. The molecule has 0 spiro atoms. The monoisotopic (exact) mass is 404 g/mol. The lowest BCUT2D eigenvalue weighted by Crippen LogP contribution is -2.49. The molecule has 5 nitrogen and oxygen atoms in total. The first-order valence-corrected chi connectivity index (χ1v) is 10.8. The Morgan fingerprint density at radius 2 is 1.57 bits per heavy atom. The zero-order valence-electron chi connectivity index (χ0n) is 17.7. The summed E-state index contributed by atoms with van der Waals surface area (Å²) in [4.78, 5) is 38.4. The summed E-state index contributed by atoms with van der Waals surface area (Å²) in [5, 5.41) is 6.38. The minimum absolute atomic E-state index is 0.143. The third-order valence-electron chi connectivity index (χ3n) is 6.76. The second kappa shape index (κ2) is 8.15. The fraction of sp³-hybridized carbons (Fsp3) is 0.400. The Morgan fingerprint density at radius 1 is 0.933 bits per heavy atom. The van der Waals surface area contributed by atoms with Crippen molar-refractivity contribution in [1.29, 1.82) is 0 Å². The van der Waals surface area contributed by atoms with Gasteiger partial charge in [0.2, 0.25) is 5.91 Å². The molecule has 1 fully saturated rings. The smallest absolute Gasteiger partial charge is 0.241 e. The summed E-state index contributed by atoms with van der Waals surface area (Å²) in [6.45, 7) is 6.38. The van der Waals surface area contributed by atoms with Crippen molar-refractivity contribution in [3.8, 4) is 0 Å². The lowest BCUT2D eigenvalue weighted by Gasteiger charge is -2.36. The first-order chi connectivity index (χ1) is 14.4. The Labute approximate surface area is 177 Å². The van der Waals surface area contributed by atoms with E-state index in [1.54, 1.807) is 42.5 Å². The zero-order chi connectivity index (χ0) is 21.4. The van der Waals surface area contributed by atoms with Gasteiger partial charge in [-0.2, -0.15) is 0 Å². The third-order valence-corrected chi connectivity index (χ3v) is 6.76. The van der Waals surface area contributed by atoms with Gasteiger partial charge < -0.3 is 10.6 Å². The molecule has 2 aromatic rings. The highest BCUT2D eigenvalue weighted by Gasteiger charge is 2.31. The van der Waals surface area contributed by atoms with Gasteiger partial charge in [-0.25, -0.2) is 0 Å². The highest BCUT2D eigenvalue weighted by molar-refractivity contribution is 6.28. The molecule has 4 atom stereocenters. The molecular formula is C25H28N2O3. The van der Waals surface area contributed by atoms with Gasteiger partial charge in [-0.3, -0.25) is 14.4 Å². The van der Waals surface area contributed by atoms with Crippen molar-refractivity contribution in [1.82, 2.24) is 5.32 Å². The first-order valence-electron chi connectivity index (χ1n) is 10.8. The standard InChI is InChI=1S/C25H28N2O3/c1-14-7-6-10-22(15(14)2)26-16(3)25(30)27-17-11-12-20-21(13-17)24(29)19-9-5-4-8-18(19)23(20)28/h4-5,8-9,11-16,22,26H,6-7,10H2,1-3H3,(H,27,30)/t14-,15+,16-,22+/m0/s1. The molecule has 0 saturated heterocycles. The van der Waals surface area contributed by atoms with Gasteiger partial charge in [0.05, 0.1) is 6.04 Å². The average Bonchev–Trinajstić information content (AvgIpc) is 2.75. The lowest BCUT2D eigenvalue weighted by molar-refractivity contribution is -0.118. The number of nitrogens with one attached hydrogen (secondary N) is 2. The van der Waals surface area contributed by atoms with E-state index in [-0.39, 0.29) is 23.5 Å². The molecule has 2 aliphatic rings. The van der Waals surface area contributed by atoms with Gasteiger partial charge in [0.15, 0.2) is 11.6 Å². The molecule has 1 saturated carbocycles. The number of anilines is 1. The molecule has 0 aliphatic heterocycles. The maximum absolute atomic E-state index is 12.9. The van der Waals surface area contributed by atoms with Crippen LogP contribution in [-0.2, 0) is 4.79 Å². The quantitative estimate of drug-likeness (QED) is 0.683. The SMILES string of the molecule is C[C@@H]1[C@@H](C)CCC[C@H]1N[C@@H](C)C(=O)Nc1ccc2c(c1)C(=O)c1ccccc1C2=O. The topological polar surface area (TPSA) is 75.3 Å². The molecule has 5 heteroatoms. The van der Waals surface area contributed by atoms with Crippen molar-refractivity contribution in [3.05, 3.63) is 64.7 Å². The summed E-state index contributed by atoms with van der Waals surface area (Å²) in [7, 11) is 0. The first kappa shape index (κ1) is 20.5. The van der Waals surface area contributed by atoms with E-state index in [1.807, 2.05) is 6.92 Å². The molecule has 1 amide bonds. The predicted octanol–water partition coefficient (Wildman–Crippen LogP) is 4.20. The molecule has 156 valence electrons. The van der Waals surface area contributed by atoms with Gasteiger partial charge in [0.1, 0.15) is 0 Å². The number of hydrogen-bond donors (Lipinski definition) is 2. The Kier molecular flexibility index (Phi) is 5.56. The van der Waals surface area contributed by atoms with E-state index in [0.29, 0.717) is 45.8 Å². The summed E-state index contributed by atoms with van der Waals surface area (Å²) in [6.07, 6.45) is 3.50. The van der Waals surface area contributed by atoms with Gasteiger partial charge in [0, 0.05) is 34.0 Å². The number of rotatable bonds is 4. The number of ketones is 2. The van der Waals surface area contributed by atoms with Crippen LogP contribution in [0, 0.1) is 11.8 Å². The number of fused-ring (bicyclic) bond motifs is 2. The van der Waals surface area contributed by atoms with Crippen LogP contribution in [0.15, 0.2) is 42.5 Å². The van der Waals surface area contributed by atoms with E-state index in [0.717, 1.165) is 6.42 Å². The fourth-order valence-corrected chi connectivity index (χ4v) is 4.64. The van der Waals surface area contributed by atoms with Crippen LogP contribution in [-0.4, -0.2) is 29.6 Å². The molecule has 0 aromatic heterocycles. The number of carbonyl (C=O) groups excluding carboxylic acids is 3. The largest absolute Gasteiger partial charge is 0.325 e. The molecule has 2 aliphatic carbocycles. The van der Waals surface area contributed by atoms with Crippen molar-refractivity contribution in [3.63, 3.8) is 0 Å². The Bertz CT molecular complexity index is 1010. The molecule has 0 heterocycles. The van der Waals surface area contributed by atoms with Gasteiger partial charge in [-0.15, -0.1) is 0 Å². The van der Waals surface area contributed by atoms with Gasteiger partial charge >= 0.3 is 0 Å². The van der Waals surface area contributed by atoms with Crippen LogP contribution in [0.25, 0.3) is 0 Å². The fourth-order valence-electron chi connectivity index (χ4n) is 4.64. The highest BCUT2D eigenvalue weighted by Crippen LogP contribution is 2.31. The molecule has 0 unspecified atom stereocenters. The van der Waals surface area contributed by atoms with E-state index < -0.39 is 0 Å². The molecule has 0 bridgehead atoms. The third kappa shape index (κ3) is 3.70. The average molecular weight is 405 g/mol. The minimum atomic E-state index is -0.350. The Morgan fingerprint density at radius 3 is 2.27 bits per heavy atom. The van der Waals surface area contributed by atoms with E-state index in [2.05, 4.69) is 24.5 Å². The second-order valence-electron chi connectivity index (χ2n) is 8.72. The molecule has 0 radical (unpaired) electrons. The highest BCUT2D eigenvalue weighted by atomic mass is 16.2. The van der Waals surface area contributed by atoms with Gasteiger partial charge in [0.25, 0.3) is 0 Å². The number of benzene rings is 2. The number of carbonyl (C=O) groups is 3. The van der Waals surface area contributed by atoms with E-state index in [1.165, 1.54) is 12.8 Å². The van der Waals surface area contributed by atoms with Crippen LogP contribution < -0.4 is 10.6 Å². The van der Waals surface area contributed by atoms with Crippen molar-refractivity contribution >= 4 is 23.2 Å². The van der Waals surface area contributed by atoms with E-state index in [4.69, 9.17) is 0 Å².